The lowest BCUT2D eigenvalue weighted by Crippen LogP contribution is -2.10. The van der Waals surface area contributed by atoms with E-state index in [1.54, 1.807) is 17.6 Å². The van der Waals surface area contributed by atoms with Gasteiger partial charge in [0.1, 0.15) is 23.1 Å². The van der Waals surface area contributed by atoms with Crippen molar-refractivity contribution in [2.24, 2.45) is 4.99 Å². The Labute approximate surface area is 189 Å². The molecule has 158 valence electrons. The van der Waals surface area contributed by atoms with Crippen molar-refractivity contribution in [3.05, 3.63) is 53.0 Å². The Kier molecular flexibility index (Phi) is 9.01. The fourth-order valence-electron chi connectivity index (χ4n) is 2.68. The summed E-state index contributed by atoms with van der Waals surface area (Å²) < 4.78 is 18.9. The zero-order valence-electron chi connectivity index (χ0n) is 17.1. The van der Waals surface area contributed by atoms with Gasteiger partial charge in [-0.15, -0.1) is 11.3 Å². The molecule has 0 radical (unpaired) electrons. The second-order valence-electron chi connectivity index (χ2n) is 6.28. The lowest BCUT2D eigenvalue weighted by molar-refractivity contribution is 0.0405. The number of ether oxygens (including phenoxy) is 3. The van der Waals surface area contributed by atoms with Gasteiger partial charge in [0.15, 0.2) is 0 Å². The van der Waals surface area contributed by atoms with E-state index in [0.29, 0.717) is 33.0 Å². The van der Waals surface area contributed by atoms with Crippen molar-refractivity contribution in [2.45, 2.75) is 13.8 Å². The summed E-state index contributed by atoms with van der Waals surface area (Å²) in [5.74, 6) is 0.719. The molecule has 0 fully saturated rings. The van der Waals surface area contributed by atoms with Crippen molar-refractivity contribution in [1.29, 1.82) is 0 Å². The minimum absolute atomic E-state index is 0.451. The smallest absolute Gasteiger partial charge is 0.145 e. The first-order chi connectivity index (χ1) is 14.7. The summed E-state index contributed by atoms with van der Waals surface area (Å²) in [6.45, 7) is 6.74. The minimum atomic E-state index is 0.451. The molecule has 3 rings (SSSR count). The standard InChI is InChI=1S/C23H25BrN2O3S/c1-3-5-10-25-20-15-17(23-26-19-8-7-18(24)16-22(19)30-23)6-9-21(20)29-14-13-28-12-11-27-4-2/h3,5-10,15-16H,4,11-14H2,1-2H3/b5-3+,25-10?. The van der Waals surface area contributed by atoms with Crippen LogP contribution >= 0.6 is 27.3 Å². The number of halogens is 1. The van der Waals surface area contributed by atoms with Crippen molar-refractivity contribution in [1.82, 2.24) is 4.98 Å². The summed E-state index contributed by atoms with van der Waals surface area (Å²) in [5.41, 5.74) is 2.77. The van der Waals surface area contributed by atoms with Crippen LogP contribution in [0.25, 0.3) is 20.8 Å². The topological polar surface area (TPSA) is 52.9 Å². The molecule has 0 saturated heterocycles. The maximum Gasteiger partial charge on any atom is 0.145 e. The average molecular weight is 489 g/mol. The SMILES string of the molecule is C/C=C/C=Nc1cc(-c2nc3ccc(Br)cc3s2)ccc1OCCOCCOCC. The first-order valence-corrected chi connectivity index (χ1v) is 11.5. The zero-order valence-corrected chi connectivity index (χ0v) is 19.5. The second-order valence-corrected chi connectivity index (χ2v) is 8.22. The van der Waals surface area contributed by atoms with E-state index in [0.717, 1.165) is 36.7 Å². The molecule has 0 N–H and O–H groups in total. The predicted octanol–water partition coefficient (Wildman–Crippen LogP) is 6.44. The summed E-state index contributed by atoms with van der Waals surface area (Å²) in [5, 5.41) is 0.955. The Bertz CT molecular complexity index is 1020. The number of hydrogen-bond donors (Lipinski definition) is 0. The number of fused-ring (bicyclic) bond motifs is 1. The molecule has 0 saturated carbocycles. The third kappa shape index (κ3) is 6.47. The molecular weight excluding hydrogens is 464 g/mol. The van der Waals surface area contributed by atoms with Crippen LogP contribution in [0.5, 0.6) is 5.75 Å². The van der Waals surface area contributed by atoms with Crippen LogP contribution in [0.2, 0.25) is 0 Å². The van der Waals surface area contributed by atoms with Gasteiger partial charge in [0.2, 0.25) is 0 Å². The second kappa shape index (κ2) is 12.0. The summed E-state index contributed by atoms with van der Waals surface area (Å²) in [7, 11) is 0. The lowest BCUT2D eigenvalue weighted by Gasteiger charge is -2.10. The van der Waals surface area contributed by atoms with Crippen LogP contribution in [-0.2, 0) is 9.47 Å². The average Bonchev–Trinajstić information content (AvgIpc) is 3.17. The molecule has 0 aliphatic rings. The van der Waals surface area contributed by atoms with Gasteiger partial charge < -0.3 is 14.2 Å². The number of aliphatic imine (C=N–C) groups is 1. The van der Waals surface area contributed by atoms with Gasteiger partial charge in [-0.05, 0) is 56.3 Å². The molecule has 1 aromatic heterocycles. The number of benzene rings is 2. The molecule has 0 aliphatic carbocycles. The molecule has 0 atom stereocenters. The number of rotatable bonds is 11. The number of thiazole rings is 1. The monoisotopic (exact) mass is 488 g/mol. The predicted molar refractivity (Wildman–Crippen MR) is 129 cm³/mol. The third-order valence-corrected chi connectivity index (χ3v) is 5.67. The van der Waals surface area contributed by atoms with Crippen LogP contribution in [0, 0.1) is 0 Å². The van der Waals surface area contributed by atoms with Crippen molar-refractivity contribution in [2.75, 3.05) is 33.0 Å². The van der Waals surface area contributed by atoms with Crippen molar-refractivity contribution in [3.63, 3.8) is 0 Å². The Morgan fingerprint density at radius 3 is 2.73 bits per heavy atom. The Hall–Kier alpha value is -2.06. The van der Waals surface area contributed by atoms with Gasteiger partial charge in [-0.1, -0.05) is 22.0 Å². The number of hydrogen-bond acceptors (Lipinski definition) is 6. The van der Waals surface area contributed by atoms with Crippen molar-refractivity contribution >= 4 is 49.4 Å². The molecule has 2 aromatic carbocycles. The van der Waals surface area contributed by atoms with E-state index in [1.165, 1.54) is 0 Å². The first-order valence-electron chi connectivity index (χ1n) is 9.85. The van der Waals surface area contributed by atoms with Gasteiger partial charge in [-0.2, -0.15) is 0 Å². The molecule has 0 spiro atoms. The molecule has 0 aliphatic heterocycles. The third-order valence-electron chi connectivity index (χ3n) is 4.11. The summed E-state index contributed by atoms with van der Waals surface area (Å²) in [6.07, 6.45) is 5.59. The quantitative estimate of drug-likeness (QED) is 0.230. The van der Waals surface area contributed by atoms with E-state index < -0.39 is 0 Å². The highest BCUT2D eigenvalue weighted by Gasteiger charge is 2.10. The van der Waals surface area contributed by atoms with Gasteiger partial charge in [0, 0.05) is 22.9 Å². The summed E-state index contributed by atoms with van der Waals surface area (Å²) in [6, 6.07) is 12.1. The van der Waals surface area contributed by atoms with E-state index in [-0.39, 0.29) is 0 Å². The van der Waals surface area contributed by atoms with Crippen LogP contribution in [0.3, 0.4) is 0 Å². The van der Waals surface area contributed by atoms with E-state index in [4.69, 9.17) is 19.2 Å². The highest BCUT2D eigenvalue weighted by molar-refractivity contribution is 9.10. The van der Waals surface area contributed by atoms with Crippen LogP contribution in [0.15, 0.2) is 58.0 Å². The van der Waals surface area contributed by atoms with Crippen LogP contribution in [-0.4, -0.2) is 44.2 Å². The fourth-order valence-corrected chi connectivity index (χ4v) is 4.19. The van der Waals surface area contributed by atoms with E-state index in [1.807, 2.05) is 56.3 Å². The number of nitrogens with zero attached hydrogens (tertiary/aromatic N) is 2. The Morgan fingerprint density at radius 2 is 1.90 bits per heavy atom. The fraction of sp³-hybridized carbons (Fsp3) is 0.304. The maximum atomic E-state index is 5.91. The molecule has 1 heterocycles. The van der Waals surface area contributed by atoms with Crippen LogP contribution in [0.1, 0.15) is 13.8 Å². The summed E-state index contributed by atoms with van der Waals surface area (Å²) >= 11 is 5.18. The molecule has 0 bridgehead atoms. The molecule has 5 nitrogen and oxygen atoms in total. The van der Waals surface area contributed by atoms with Gasteiger partial charge >= 0.3 is 0 Å². The molecule has 3 aromatic rings. The highest BCUT2D eigenvalue weighted by atomic mass is 79.9. The summed E-state index contributed by atoms with van der Waals surface area (Å²) in [4.78, 5) is 9.32. The van der Waals surface area contributed by atoms with Gasteiger partial charge in [0.05, 0.1) is 30.0 Å². The Balaban J connectivity index is 1.74. The van der Waals surface area contributed by atoms with Crippen molar-refractivity contribution < 1.29 is 14.2 Å². The van der Waals surface area contributed by atoms with Crippen molar-refractivity contribution in [3.8, 4) is 16.3 Å². The molecule has 0 unspecified atom stereocenters. The number of aromatic nitrogens is 1. The Morgan fingerprint density at radius 1 is 1.07 bits per heavy atom. The van der Waals surface area contributed by atoms with Gasteiger partial charge in [-0.3, -0.25) is 4.99 Å². The van der Waals surface area contributed by atoms with E-state index in [2.05, 4.69) is 27.0 Å². The number of allylic oxidation sites excluding steroid dienone is 2. The zero-order chi connectivity index (χ0) is 21.2. The van der Waals surface area contributed by atoms with Crippen LogP contribution in [0.4, 0.5) is 5.69 Å². The van der Waals surface area contributed by atoms with Gasteiger partial charge in [0.25, 0.3) is 0 Å². The normalized spacial score (nSPS) is 11.8. The minimum Gasteiger partial charge on any atom is -0.489 e. The molecule has 30 heavy (non-hydrogen) atoms. The largest absolute Gasteiger partial charge is 0.489 e. The maximum absolute atomic E-state index is 5.91. The lowest BCUT2D eigenvalue weighted by atomic mass is 10.2. The van der Waals surface area contributed by atoms with E-state index in [9.17, 15) is 0 Å². The molecular formula is C23H25BrN2O3S. The molecule has 7 heteroatoms. The van der Waals surface area contributed by atoms with E-state index >= 15 is 0 Å². The first kappa shape index (κ1) is 22.6. The van der Waals surface area contributed by atoms with Crippen LogP contribution < -0.4 is 4.74 Å². The highest BCUT2D eigenvalue weighted by Crippen LogP contribution is 2.36. The molecule has 0 amide bonds. The van der Waals surface area contributed by atoms with Gasteiger partial charge in [-0.25, -0.2) is 4.98 Å².